The summed E-state index contributed by atoms with van der Waals surface area (Å²) in [6, 6.07) is 5.40. The third-order valence-electron chi connectivity index (χ3n) is 6.14. The highest BCUT2D eigenvalue weighted by atomic mass is 16.7. The first-order chi connectivity index (χ1) is 20.8. The molecule has 14 nitrogen and oxygen atoms in total. The molecule has 1 aromatic rings. The molecule has 14 heteroatoms. The molecule has 0 saturated carbocycles. The Hall–Kier alpha value is -3.56. The fraction of sp³-hybridized carbons (Fsp3) is 0.586. The summed E-state index contributed by atoms with van der Waals surface area (Å²) in [5.41, 5.74) is 1.56. The topological polar surface area (TPSA) is 188 Å². The lowest BCUT2D eigenvalue weighted by Gasteiger charge is -2.31. The van der Waals surface area contributed by atoms with E-state index in [1.807, 2.05) is 12.1 Å². The molecule has 1 aliphatic rings. The van der Waals surface area contributed by atoms with Crippen molar-refractivity contribution in [2.75, 3.05) is 52.7 Å². The van der Waals surface area contributed by atoms with E-state index in [0.717, 1.165) is 18.1 Å². The van der Waals surface area contributed by atoms with Crippen LogP contribution in [0.1, 0.15) is 36.8 Å². The second-order valence-corrected chi connectivity index (χ2v) is 9.52. The predicted octanol–water partition coefficient (Wildman–Crippen LogP) is 0.480. The summed E-state index contributed by atoms with van der Waals surface area (Å²) in [5.74, 6) is -1.29. The van der Waals surface area contributed by atoms with Gasteiger partial charge in [-0.05, 0) is 36.6 Å². The van der Waals surface area contributed by atoms with Gasteiger partial charge in [0, 0.05) is 44.5 Å². The van der Waals surface area contributed by atoms with E-state index in [9.17, 15) is 29.4 Å². The van der Waals surface area contributed by atoms with Crippen molar-refractivity contribution in [1.82, 2.24) is 10.6 Å². The third-order valence-corrected chi connectivity index (χ3v) is 6.14. The fourth-order valence-electron chi connectivity index (χ4n) is 4.02. The predicted molar refractivity (Wildman–Crippen MR) is 151 cm³/mol. The molecule has 2 amide bonds. The maximum atomic E-state index is 11.6. The van der Waals surface area contributed by atoms with Crippen LogP contribution in [0.4, 0.5) is 0 Å². The molecular weight excluding hydrogens is 568 g/mol. The Balaban J connectivity index is 1.56. The van der Waals surface area contributed by atoms with Crippen molar-refractivity contribution >= 4 is 24.3 Å². The highest BCUT2D eigenvalue weighted by molar-refractivity contribution is 5.87. The lowest BCUT2D eigenvalue weighted by Crippen LogP contribution is -2.42. The molecule has 3 atom stereocenters. The molecule has 4 N–H and O–H groups in total. The third kappa shape index (κ3) is 15.5. The zero-order chi connectivity index (χ0) is 31.3. The fourth-order valence-corrected chi connectivity index (χ4v) is 4.02. The molecule has 1 aromatic carbocycles. The SMILES string of the molecule is C=CC(=O)NCCC(=O)NCCOCCOCCOCCCc1ccc(OC2CC(O)CC(C(=O)O)O2)c(COC=O)c1. The normalized spacial score (nSPS) is 17.9. The van der Waals surface area contributed by atoms with E-state index in [-0.39, 0.29) is 44.2 Å². The second-order valence-electron chi connectivity index (χ2n) is 9.52. The molecule has 2 rings (SSSR count). The molecule has 1 aliphatic heterocycles. The summed E-state index contributed by atoms with van der Waals surface area (Å²) in [7, 11) is 0. The van der Waals surface area contributed by atoms with Crippen molar-refractivity contribution < 1.29 is 57.8 Å². The number of aliphatic hydroxyl groups excluding tert-OH is 1. The molecule has 0 spiro atoms. The minimum atomic E-state index is -1.17. The number of aliphatic hydroxyl groups is 1. The van der Waals surface area contributed by atoms with E-state index >= 15 is 0 Å². The first kappa shape index (κ1) is 35.6. The van der Waals surface area contributed by atoms with Gasteiger partial charge in [0.2, 0.25) is 18.1 Å². The number of aliphatic carboxylic acids is 1. The number of carboxylic acid groups (broad SMARTS) is 1. The first-order valence-corrected chi connectivity index (χ1v) is 14.1. The van der Waals surface area contributed by atoms with Crippen LogP contribution in [0.15, 0.2) is 30.9 Å². The van der Waals surface area contributed by atoms with Crippen LogP contribution in [0.3, 0.4) is 0 Å². The molecule has 0 aromatic heterocycles. The van der Waals surface area contributed by atoms with Crippen LogP contribution >= 0.6 is 0 Å². The molecule has 0 radical (unpaired) electrons. The average molecular weight is 611 g/mol. The number of benzene rings is 1. The number of ether oxygens (including phenoxy) is 6. The Morgan fingerprint density at radius 1 is 1.00 bits per heavy atom. The van der Waals surface area contributed by atoms with Gasteiger partial charge < -0.3 is 49.3 Å². The van der Waals surface area contributed by atoms with Crippen LogP contribution in [-0.4, -0.2) is 106 Å². The molecule has 3 unspecified atom stereocenters. The van der Waals surface area contributed by atoms with E-state index in [2.05, 4.69) is 17.2 Å². The Morgan fingerprint density at radius 2 is 1.72 bits per heavy atom. The van der Waals surface area contributed by atoms with Crippen LogP contribution in [0.5, 0.6) is 5.75 Å². The molecule has 1 saturated heterocycles. The van der Waals surface area contributed by atoms with Crippen molar-refractivity contribution in [2.24, 2.45) is 0 Å². The lowest BCUT2D eigenvalue weighted by molar-refractivity contribution is -0.195. The molecule has 43 heavy (non-hydrogen) atoms. The largest absolute Gasteiger partial charge is 0.479 e. The summed E-state index contributed by atoms with van der Waals surface area (Å²) in [6.07, 6.45) is -0.102. The summed E-state index contributed by atoms with van der Waals surface area (Å²) >= 11 is 0. The molecule has 240 valence electrons. The number of nitrogens with one attached hydrogen (secondary N) is 2. The van der Waals surface area contributed by atoms with Crippen molar-refractivity contribution in [2.45, 2.75) is 57.2 Å². The van der Waals surface area contributed by atoms with Gasteiger partial charge in [-0.1, -0.05) is 12.6 Å². The minimum Gasteiger partial charge on any atom is -0.479 e. The van der Waals surface area contributed by atoms with Crippen molar-refractivity contribution in [1.29, 1.82) is 0 Å². The van der Waals surface area contributed by atoms with E-state index in [1.165, 1.54) is 0 Å². The second kappa shape index (κ2) is 21.2. The number of amides is 2. The standard InChI is InChI=1S/C29H42N2O12/c1-2-26(34)30-8-7-27(35)31-9-11-39-13-15-40-14-12-38-10-3-4-21-5-6-24(22(16-21)19-41-20-32)42-28-18-23(33)17-25(43-28)29(36)37/h2,5-6,16,20,23,25,28,33H,1,3-4,7-15,17-19H2,(H,30,34)(H,31,35)(H,36,37). The Kier molecular flexibility index (Phi) is 17.6. The summed E-state index contributed by atoms with van der Waals surface area (Å²) in [6.45, 7) is 6.73. The molecule has 1 heterocycles. The smallest absolute Gasteiger partial charge is 0.333 e. The number of hydrogen-bond donors (Lipinski definition) is 4. The Labute approximate surface area is 250 Å². The van der Waals surface area contributed by atoms with Gasteiger partial charge in [-0.25, -0.2) is 4.79 Å². The van der Waals surface area contributed by atoms with Gasteiger partial charge in [0.05, 0.1) is 39.1 Å². The quantitative estimate of drug-likeness (QED) is 0.0763. The molecule has 0 aliphatic carbocycles. The summed E-state index contributed by atoms with van der Waals surface area (Å²) in [5, 5.41) is 24.4. The first-order valence-electron chi connectivity index (χ1n) is 14.1. The molecular formula is C29H42N2O12. The maximum Gasteiger partial charge on any atom is 0.333 e. The number of carboxylic acids is 1. The monoisotopic (exact) mass is 610 g/mol. The van der Waals surface area contributed by atoms with Gasteiger partial charge in [-0.15, -0.1) is 0 Å². The Bertz CT molecular complexity index is 1020. The van der Waals surface area contributed by atoms with Gasteiger partial charge >= 0.3 is 5.97 Å². The average Bonchev–Trinajstić information content (AvgIpc) is 2.98. The molecule has 1 fully saturated rings. The highest BCUT2D eigenvalue weighted by Gasteiger charge is 2.34. The van der Waals surface area contributed by atoms with E-state index in [1.54, 1.807) is 6.07 Å². The summed E-state index contributed by atoms with van der Waals surface area (Å²) in [4.78, 5) is 44.6. The van der Waals surface area contributed by atoms with Crippen LogP contribution in [0.25, 0.3) is 0 Å². The van der Waals surface area contributed by atoms with Gasteiger partial charge in [-0.3, -0.25) is 14.4 Å². The highest BCUT2D eigenvalue weighted by Crippen LogP contribution is 2.27. The number of hydrogen-bond acceptors (Lipinski definition) is 11. The minimum absolute atomic E-state index is 0.0113. The maximum absolute atomic E-state index is 11.6. The van der Waals surface area contributed by atoms with Gasteiger partial charge in [0.1, 0.15) is 12.4 Å². The Morgan fingerprint density at radius 3 is 2.42 bits per heavy atom. The number of aryl methyl sites for hydroxylation is 1. The van der Waals surface area contributed by atoms with Crippen LogP contribution < -0.4 is 15.4 Å². The zero-order valence-electron chi connectivity index (χ0n) is 24.2. The van der Waals surface area contributed by atoms with Gasteiger partial charge in [-0.2, -0.15) is 0 Å². The van der Waals surface area contributed by atoms with Gasteiger partial charge in [0.15, 0.2) is 6.10 Å². The van der Waals surface area contributed by atoms with Crippen molar-refractivity contribution in [3.63, 3.8) is 0 Å². The van der Waals surface area contributed by atoms with Crippen LogP contribution in [0, 0.1) is 0 Å². The van der Waals surface area contributed by atoms with E-state index in [0.29, 0.717) is 70.4 Å². The zero-order valence-corrected chi connectivity index (χ0v) is 24.2. The van der Waals surface area contributed by atoms with Crippen molar-refractivity contribution in [3.8, 4) is 5.75 Å². The number of carbonyl (C=O) groups is 4. The summed E-state index contributed by atoms with van der Waals surface area (Å²) < 4.78 is 32.6. The van der Waals surface area contributed by atoms with Gasteiger partial charge in [0.25, 0.3) is 6.47 Å². The molecule has 0 bridgehead atoms. The number of rotatable bonds is 23. The van der Waals surface area contributed by atoms with E-state index in [4.69, 9.17) is 28.4 Å². The number of carbonyl (C=O) groups excluding carboxylic acids is 3. The lowest BCUT2D eigenvalue weighted by atomic mass is 10.0. The van der Waals surface area contributed by atoms with Crippen LogP contribution in [0.2, 0.25) is 0 Å². The van der Waals surface area contributed by atoms with E-state index < -0.39 is 24.5 Å². The van der Waals surface area contributed by atoms with Crippen LogP contribution in [-0.2, 0) is 55.9 Å². The van der Waals surface area contributed by atoms with Crippen molar-refractivity contribution in [3.05, 3.63) is 42.0 Å².